The third-order valence-corrected chi connectivity index (χ3v) is 2.30. The molecule has 0 aromatic rings. The lowest BCUT2D eigenvalue weighted by molar-refractivity contribution is 0.0178. The summed E-state index contributed by atoms with van der Waals surface area (Å²) in [6.45, 7) is 1.53. The standard InChI is InChI=1S/C8H15N3O2S/c1-10(2)8(12)11-3-4-13-6(5-11)7(9)14/h6H,3-5H2,1-2H3,(H2,9,14). The fourth-order valence-corrected chi connectivity index (χ4v) is 1.42. The van der Waals surface area contributed by atoms with Crippen LogP contribution in [0.1, 0.15) is 0 Å². The highest BCUT2D eigenvalue weighted by Crippen LogP contribution is 2.07. The Balaban J connectivity index is 2.56. The van der Waals surface area contributed by atoms with Gasteiger partial charge in [-0.1, -0.05) is 12.2 Å². The van der Waals surface area contributed by atoms with E-state index in [2.05, 4.69) is 0 Å². The summed E-state index contributed by atoms with van der Waals surface area (Å²) in [5, 5.41) is 0. The van der Waals surface area contributed by atoms with Crippen molar-refractivity contribution < 1.29 is 9.53 Å². The summed E-state index contributed by atoms with van der Waals surface area (Å²) in [5.41, 5.74) is 5.46. The molecule has 5 nitrogen and oxygen atoms in total. The number of carbonyl (C=O) groups excluding carboxylic acids is 1. The SMILES string of the molecule is CN(C)C(=O)N1CCOC(C(N)=S)C1. The quantitative estimate of drug-likeness (QED) is 0.610. The molecule has 2 amide bonds. The number of hydrogen-bond acceptors (Lipinski definition) is 3. The molecule has 0 spiro atoms. The van der Waals surface area contributed by atoms with E-state index in [9.17, 15) is 4.79 Å². The number of morpholine rings is 1. The first-order valence-electron chi connectivity index (χ1n) is 4.39. The van der Waals surface area contributed by atoms with Crippen LogP contribution in [0.25, 0.3) is 0 Å². The van der Waals surface area contributed by atoms with E-state index in [-0.39, 0.29) is 12.1 Å². The largest absolute Gasteiger partial charge is 0.391 e. The van der Waals surface area contributed by atoms with E-state index in [0.717, 1.165) is 0 Å². The highest BCUT2D eigenvalue weighted by molar-refractivity contribution is 7.80. The molecule has 0 radical (unpaired) electrons. The number of amides is 2. The highest BCUT2D eigenvalue weighted by atomic mass is 32.1. The van der Waals surface area contributed by atoms with Crippen LogP contribution in [0.5, 0.6) is 0 Å². The zero-order valence-corrected chi connectivity index (χ0v) is 9.21. The molecule has 6 heteroatoms. The predicted octanol–water partition coefficient (Wildman–Crippen LogP) is -0.345. The van der Waals surface area contributed by atoms with Crippen LogP contribution in [0.4, 0.5) is 4.79 Å². The Bertz CT molecular complexity index is 245. The molecule has 0 aliphatic carbocycles. The van der Waals surface area contributed by atoms with Crippen molar-refractivity contribution in [2.24, 2.45) is 5.73 Å². The van der Waals surface area contributed by atoms with Crippen molar-refractivity contribution in [2.45, 2.75) is 6.10 Å². The third-order valence-electron chi connectivity index (χ3n) is 2.04. The molecule has 0 aromatic carbocycles. The van der Waals surface area contributed by atoms with Gasteiger partial charge in [-0.15, -0.1) is 0 Å². The number of thiocarbonyl (C=S) groups is 1. The lowest BCUT2D eigenvalue weighted by Gasteiger charge is -2.33. The van der Waals surface area contributed by atoms with Crippen molar-refractivity contribution in [3.05, 3.63) is 0 Å². The van der Waals surface area contributed by atoms with E-state index in [1.54, 1.807) is 19.0 Å². The van der Waals surface area contributed by atoms with Crippen molar-refractivity contribution in [3.8, 4) is 0 Å². The molecule has 1 fully saturated rings. The number of nitrogens with two attached hydrogens (primary N) is 1. The van der Waals surface area contributed by atoms with Crippen molar-refractivity contribution in [1.82, 2.24) is 9.80 Å². The Morgan fingerprint density at radius 2 is 2.29 bits per heavy atom. The topological polar surface area (TPSA) is 58.8 Å². The van der Waals surface area contributed by atoms with E-state index in [4.69, 9.17) is 22.7 Å². The van der Waals surface area contributed by atoms with Gasteiger partial charge in [-0.25, -0.2) is 4.79 Å². The highest BCUT2D eigenvalue weighted by Gasteiger charge is 2.26. The summed E-state index contributed by atoms with van der Waals surface area (Å²) in [7, 11) is 3.43. The average Bonchev–Trinajstić information content (AvgIpc) is 2.16. The maximum Gasteiger partial charge on any atom is 0.319 e. The number of nitrogens with zero attached hydrogens (tertiary/aromatic N) is 2. The molecule has 1 unspecified atom stereocenters. The second-order valence-electron chi connectivity index (χ2n) is 3.38. The first kappa shape index (κ1) is 11.2. The molecule has 1 rings (SSSR count). The van der Waals surface area contributed by atoms with E-state index in [1.807, 2.05) is 0 Å². The van der Waals surface area contributed by atoms with Gasteiger partial charge in [0, 0.05) is 20.6 Å². The summed E-state index contributed by atoms with van der Waals surface area (Å²) in [5.74, 6) is 0. The van der Waals surface area contributed by atoms with Crippen LogP contribution in [0.2, 0.25) is 0 Å². The van der Waals surface area contributed by atoms with Crippen LogP contribution in [-0.4, -0.2) is 60.7 Å². The van der Waals surface area contributed by atoms with Crippen molar-refractivity contribution in [1.29, 1.82) is 0 Å². The minimum absolute atomic E-state index is 0.0328. The zero-order valence-electron chi connectivity index (χ0n) is 8.40. The Hall–Kier alpha value is -0.880. The molecular formula is C8H15N3O2S. The Labute approximate surface area is 88.8 Å². The third kappa shape index (κ3) is 2.55. The maximum absolute atomic E-state index is 11.6. The van der Waals surface area contributed by atoms with Crippen LogP contribution < -0.4 is 5.73 Å². The lowest BCUT2D eigenvalue weighted by atomic mass is 10.3. The summed E-state index contributed by atoms with van der Waals surface area (Å²) in [6.07, 6.45) is -0.303. The van der Waals surface area contributed by atoms with Crippen LogP contribution in [0.3, 0.4) is 0 Å². The zero-order chi connectivity index (χ0) is 10.7. The minimum atomic E-state index is -0.303. The van der Waals surface area contributed by atoms with Gasteiger partial charge in [-0.2, -0.15) is 0 Å². The van der Waals surface area contributed by atoms with Gasteiger partial charge in [0.05, 0.1) is 13.2 Å². The molecule has 0 aromatic heterocycles. The number of rotatable bonds is 1. The molecule has 1 saturated heterocycles. The summed E-state index contributed by atoms with van der Waals surface area (Å²) in [4.78, 5) is 15.1. The van der Waals surface area contributed by atoms with E-state index in [1.165, 1.54) is 4.90 Å². The molecule has 1 aliphatic heterocycles. The second kappa shape index (κ2) is 4.56. The van der Waals surface area contributed by atoms with Crippen molar-refractivity contribution in [3.63, 3.8) is 0 Å². The molecule has 14 heavy (non-hydrogen) atoms. The van der Waals surface area contributed by atoms with E-state index in [0.29, 0.717) is 24.7 Å². The van der Waals surface area contributed by atoms with Crippen LogP contribution >= 0.6 is 12.2 Å². The second-order valence-corrected chi connectivity index (χ2v) is 3.86. The molecule has 1 aliphatic rings. The Morgan fingerprint density at radius 1 is 1.64 bits per heavy atom. The smallest absolute Gasteiger partial charge is 0.319 e. The molecule has 1 atom stereocenters. The van der Waals surface area contributed by atoms with Gasteiger partial charge >= 0.3 is 6.03 Å². The molecule has 2 N–H and O–H groups in total. The number of ether oxygens (including phenoxy) is 1. The minimum Gasteiger partial charge on any atom is -0.391 e. The average molecular weight is 217 g/mol. The van der Waals surface area contributed by atoms with Gasteiger partial charge in [-0.3, -0.25) is 0 Å². The number of hydrogen-bond donors (Lipinski definition) is 1. The van der Waals surface area contributed by atoms with Gasteiger partial charge in [0.15, 0.2) is 0 Å². The first-order valence-corrected chi connectivity index (χ1v) is 4.80. The molecule has 80 valence electrons. The normalized spacial score (nSPS) is 21.9. The monoisotopic (exact) mass is 217 g/mol. The van der Waals surface area contributed by atoms with Crippen molar-refractivity contribution in [2.75, 3.05) is 33.8 Å². The Morgan fingerprint density at radius 3 is 2.79 bits per heavy atom. The molecular weight excluding hydrogens is 202 g/mol. The van der Waals surface area contributed by atoms with Gasteiger partial charge in [0.2, 0.25) is 0 Å². The van der Waals surface area contributed by atoms with Gasteiger partial charge < -0.3 is 20.3 Å². The van der Waals surface area contributed by atoms with Gasteiger partial charge in [0.25, 0.3) is 0 Å². The predicted molar refractivity (Wildman–Crippen MR) is 57.2 cm³/mol. The fraction of sp³-hybridized carbons (Fsp3) is 0.750. The van der Waals surface area contributed by atoms with Crippen LogP contribution in [0, 0.1) is 0 Å². The van der Waals surface area contributed by atoms with Crippen LogP contribution in [0.15, 0.2) is 0 Å². The van der Waals surface area contributed by atoms with E-state index >= 15 is 0 Å². The number of carbonyl (C=O) groups is 1. The summed E-state index contributed by atoms with van der Waals surface area (Å²) >= 11 is 4.82. The molecule has 0 saturated carbocycles. The van der Waals surface area contributed by atoms with Crippen LogP contribution in [-0.2, 0) is 4.74 Å². The maximum atomic E-state index is 11.6. The lowest BCUT2D eigenvalue weighted by Crippen LogP contribution is -2.52. The van der Waals surface area contributed by atoms with Crippen molar-refractivity contribution >= 4 is 23.2 Å². The number of urea groups is 1. The molecule has 1 heterocycles. The fourth-order valence-electron chi connectivity index (χ4n) is 1.28. The van der Waals surface area contributed by atoms with Gasteiger partial charge in [0.1, 0.15) is 11.1 Å². The summed E-state index contributed by atoms with van der Waals surface area (Å²) in [6, 6.07) is -0.0328. The van der Waals surface area contributed by atoms with E-state index < -0.39 is 0 Å². The Kier molecular flexibility index (Phi) is 3.65. The molecule has 0 bridgehead atoms. The summed E-state index contributed by atoms with van der Waals surface area (Å²) < 4.78 is 5.32. The first-order chi connectivity index (χ1) is 6.52. The van der Waals surface area contributed by atoms with Gasteiger partial charge in [-0.05, 0) is 0 Å².